The van der Waals surface area contributed by atoms with Crippen LogP contribution in [0.4, 0.5) is 5.69 Å². The summed E-state index contributed by atoms with van der Waals surface area (Å²) in [5.74, 6) is -0.963. The maximum absolute atomic E-state index is 13.4. The number of ether oxygens (including phenoxy) is 1. The summed E-state index contributed by atoms with van der Waals surface area (Å²) in [6.45, 7) is 4.16. The predicted octanol–water partition coefficient (Wildman–Crippen LogP) is 4.84. The van der Waals surface area contributed by atoms with Gasteiger partial charge in [0.05, 0.1) is 17.6 Å². The fourth-order valence-corrected chi connectivity index (χ4v) is 5.00. The average molecular weight is 538 g/mol. The summed E-state index contributed by atoms with van der Waals surface area (Å²) in [5.41, 5.74) is 4.35. The first-order valence-corrected chi connectivity index (χ1v) is 13.3. The molecular formula is C31H31N5O4. The molecule has 1 atom stereocenters. The van der Waals surface area contributed by atoms with E-state index in [9.17, 15) is 14.4 Å². The number of rotatable bonds is 7. The Morgan fingerprint density at radius 1 is 0.975 bits per heavy atom. The van der Waals surface area contributed by atoms with Gasteiger partial charge in [-0.25, -0.2) is 4.98 Å². The summed E-state index contributed by atoms with van der Waals surface area (Å²) >= 11 is 0. The van der Waals surface area contributed by atoms with Gasteiger partial charge in [0, 0.05) is 61.0 Å². The minimum atomic E-state index is -0.978. The van der Waals surface area contributed by atoms with Gasteiger partial charge < -0.3 is 19.5 Å². The lowest BCUT2D eigenvalue weighted by Gasteiger charge is -2.34. The molecule has 2 aromatic carbocycles. The van der Waals surface area contributed by atoms with Crippen LogP contribution in [0.15, 0.2) is 85.5 Å². The number of esters is 1. The van der Waals surface area contributed by atoms with Gasteiger partial charge in [-0.1, -0.05) is 30.3 Å². The molecule has 0 bridgehead atoms. The SMILES string of the molecule is CC(=O)OC(C(=O)N1CCC(c2nc(C)ccc2C(=O)Nc2ccc(-n3ccnc3)cc2)CC1)c1ccccc1. The van der Waals surface area contributed by atoms with Gasteiger partial charge >= 0.3 is 5.97 Å². The lowest BCUT2D eigenvalue weighted by molar-refractivity contribution is -0.159. The Kier molecular flexibility index (Phi) is 8.00. The Morgan fingerprint density at radius 2 is 1.70 bits per heavy atom. The highest BCUT2D eigenvalue weighted by molar-refractivity contribution is 6.05. The van der Waals surface area contributed by atoms with Gasteiger partial charge in [-0.05, 0) is 56.2 Å². The van der Waals surface area contributed by atoms with Crippen LogP contribution in [0.3, 0.4) is 0 Å². The van der Waals surface area contributed by atoms with Crippen LogP contribution in [0.1, 0.15) is 59.1 Å². The quantitative estimate of drug-likeness (QED) is 0.338. The second kappa shape index (κ2) is 11.9. The summed E-state index contributed by atoms with van der Waals surface area (Å²) < 4.78 is 7.30. The topological polar surface area (TPSA) is 106 Å². The number of aryl methyl sites for hydroxylation is 1. The van der Waals surface area contributed by atoms with Crippen LogP contribution in [-0.2, 0) is 14.3 Å². The number of nitrogens with one attached hydrogen (secondary N) is 1. The maximum Gasteiger partial charge on any atom is 0.303 e. The van der Waals surface area contributed by atoms with E-state index in [-0.39, 0.29) is 17.7 Å². The van der Waals surface area contributed by atoms with E-state index in [2.05, 4.69) is 10.3 Å². The highest BCUT2D eigenvalue weighted by Crippen LogP contribution is 2.32. The summed E-state index contributed by atoms with van der Waals surface area (Å²) in [5, 5.41) is 2.99. The third-order valence-electron chi connectivity index (χ3n) is 7.04. The summed E-state index contributed by atoms with van der Waals surface area (Å²) in [4.78, 5) is 49.0. The zero-order valence-corrected chi connectivity index (χ0v) is 22.5. The maximum atomic E-state index is 13.4. The molecule has 2 amide bonds. The zero-order chi connectivity index (χ0) is 28.1. The van der Waals surface area contributed by atoms with Crippen molar-refractivity contribution in [3.05, 3.63) is 108 Å². The van der Waals surface area contributed by atoms with Gasteiger partial charge in [-0.2, -0.15) is 0 Å². The van der Waals surface area contributed by atoms with Crippen LogP contribution in [0.25, 0.3) is 5.69 Å². The number of carbonyl (C=O) groups is 3. The molecule has 4 aromatic rings. The van der Waals surface area contributed by atoms with Crippen LogP contribution >= 0.6 is 0 Å². The Morgan fingerprint density at radius 3 is 2.35 bits per heavy atom. The first kappa shape index (κ1) is 26.8. The number of hydrogen-bond acceptors (Lipinski definition) is 6. The van der Waals surface area contributed by atoms with Crippen molar-refractivity contribution in [2.45, 2.75) is 38.7 Å². The van der Waals surface area contributed by atoms with Crippen molar-refractivity contribution < 1.29 is 19.1 Å². The predicted molar refractivity (Wildman–Crippen MR) is 150 cm³/mol. The van der Waals surface area contributed by atoms with E-state index in [1.807, 2.05) is 72.3 Å². The lowest BCUT2D eigenvalue weighted by Crippen LogP contribution is -2.42. The van der Waals surface area contributed by atoms with E-state index in [1.165, 1.54) is 6.92 Å². The van der Waals surface area contributed by atoms with Gasteiger partial charge in [0.1, 0.15) is 0 Å². The molecule has 1 fully saturated rings. The molecule has 0 radical (unpaired) electrons. The van der Waals surface area contributed by atoms with E-state index in [0.717, 1.165) is 17.1 Å². The number of imidazole rings is 1. The molecule has 5 rings (SSSR count). The average Bonchev–Trinajstić information content (AvgIpc) is 3.51. The molecule has 1 saturated heterocycles. The summed E-state index contributed by atoms with van der Waals surface area (Å²) in [6.07, 6.45) is 5.59. The number of anilines is 1. The van der Waals surface area contributed by atoms with E-state index in [0.29, 0.717) is 42.7 Å². The number of pyridine rings is 1. The summed E-state index contributed by atoms with van der Waals surface area (Å²) in [6, 6.07) is 20.2. The monoisotopic (exact) mass is 537 g/mol. The molecule has 1 unspecified atom stereocenters. The smallest absolute Gasteiger partial charge is 0.303 e. The van der Waals surface area contributed by atoms with Crippen molar-refractivity contribution in [1.82, 2.24) is 19.4 Å². The molecule has 2 aromatic heterocycles. The van der Waals surface area contributed by atoms with Gasteiger partial charge in [-0.3, -0.25) is 19.4 Å². The van der Waals surface area contributed by atoms with E-state index >= 15 is 0 Å². The first-order valence-electron chi connectivity index (χ1n) is 13.3. The summed E-state index contributed by atoms with van der Waals surface area (Å²) in [7, 11) is 0. The molecule has 0 aliphatic carbocycles. The molecule has 1 aliphatic rings. The van der Waals surface area contributed by atoms with Crippen LogP contribution in [0, 0.1) is 6.92 Å². The standard InChI is InChI=1S/C31H31N5O4/c1-21-8-13-27(30(38)34-25-9-11-26(12-10-25)36-19-16-32-20-36)28(33-21)23-14-17-35(18-15-23)31(39)29(40-22(2)37)24-6-4-3-5-7-24/h3-13,16,19-20,23,29H,14-15,17-18H2,1-2H3,(H,34,38). The van der Waals surface area contributed by atoms with Crippen LogP contribution < -0.4 is 5.32 Å². The normalized spacial score (nSPS) is 14.4. The van der Waals surface area contributed by atoms with Crippen molar-refractivity contribution in [2.24, 2.45) is 0 Å². The number of hydrogen-bond donors (Lipinski definition) is 1. The third-order valence-corrected chi connectivity index (χ3v) is 7.04. The van der Waals surface area contributed by atoms with Crippen molar-refractivity contribution >= 4 is 23.5 Å². The second-order valence-corrected chi connectivity index (χ2v) is 9.86. The number of aromatic nitrogens is 3. The molecule has 9 heteroatoms. The number of likely N-dealkylation sites (tertiary alicyclic amines) is 1. The third kappa shape index (κ3) is 6.09. The molecule has 204 valence electrons. The number of piperidine rings is 1. The minimum absolute atomic E-state index is 0.0113. The Bertz CT molecular complexity index is 1480. The van der Waals surface area contributed by atoms with Crippen molar-refractivity contribution in [2.75, 3.05) is 18.4 Å². The van der Waals surface area contributed by atoms with Crippen molar-refractivity contribution in [3.63, 3.8) is 0 Å². The van der Waals surface area contributed by atoms with Gasteiger partial charge in [0.2, 0.25) is 6.10 Å². The van der Waals surface area contributed by atoms with E-state index in [1.54, 1.807) is 29.6 Å². The van der Waals surface area contributed by atoms with E-state index < -0.39 is 12.1 Å². The van der Waals surface area contributed by atoms with Crippen LogP contribution in [0.5, 0.6) is 0 Å². The highest BCUT2D eigenvalue weighted by atomic mass is 16.5. The first-order chi connectivity index (χ1) is 19.4. The molecule has 3 heterocycles. The molecule has 1 aliphatic heterocycles. The van der Waals surface area contributed by atoms with Crippen LogP contribution in [0.2, 0.25) is 0 Å². The molecule has 9 nitrogen and oxygen atoms in total. The molecule has 1 N–H and O–H groups in total. The number of amides is 2. The zero-order valence-electron chi connectivity index (χ0n) is 22.5. The molecule has 0 saturated carbocycles. The minimum Gasteiger partial charge on any atom is -0.447 e. The fourth-order valence-electron chi connectivity index (χ4n) is 5.00. The lowest BCUT2D eigenvalue weighted by atomic mass is 9.89. The second-order valence-electron chi connectivity index (χ2n) is 9.86. The van der Waals surface area contributed by atoms with Crippen molar-refractivity contribution in [3.8, 4) is 5.69 Å². The van der Waals surface area contributed by atoms with E-state index in [4.69, 9.17) is 9.72 Å². The molecular weight excluding hydrogens is 506 g/mol. The number of carbonyl (C=O) groups excluding carboxylic acids is 3. The molecule has 0 spiro atoms. The Labute approximate surface area is 232 Å². The van der Waals surface area contributed by atoms with Gasteiger partial charge in [0.15, 0.2) is 0 Å². The highest BCUT2D eigenvalue weighted by Gasteiger charge is 2.33. The number of benzene rings is 2. The van der Waals surface area contributed by atoms with Gasteiger partial charge in [-0.15, -0.1) is 0 Å². The van der Waals surface area contributed by atoms with Gasteiger partial charge in [0.25, 0.3) is 11.8 Å². The fraction of sp³-hybridized carbons (Fsp3) is 0.258. The Hall–Kier alpha value is -4.79. The largest absolute Gasteiger partial charge is 0.447 e. The Balaban J connectivity index is 1.28. The number of nitrogens with zero attached hydrogens (tertiary/aromatic N) is 4. The molecule has 40 heavy (non-hydrogen) atoms. The van der Waals surface area contributed by atoms with Crippen LogP contribution in [-0.4, -0.2) is 50.3 Å². The van der Waals surface area contributed by atoms with Crippen molar-refractivity contribution in [1.29, 1.82) is 0 Å².